The zero-order valence-electron chi connectivity index (χ0n) is 15.1. The van der Waals surface area contributed by atoms with Crippen molar-refractivity contribution in [3.8, 4) is 11.4 Å². The minimum absolute atomic E-state index is 0.180. The number of carbonyl (C=O) groups is 1. The summed E-state index contributed by atoms with van der Waals surface area (Å²) >= 11 is 0. The van der Waals surface area contributed by atoms with Crippen LogP contribution in [-0.2, 0) is 22.5 Å². The third-order valence-electron chi connectivity index (χ3n) is 3.99. The van der Waals surface area contributed by atoms with Gasteiger partial charge < -0.3 is 15.8 Å². The van der Waals surface area contributed by atoms with E-state index in [2.05, 4.69) is 20.7 Å². The number of hydrogen-bond donors (Lipinski definition) is 2. The summed E-state index contributed by atoms with van der Waals surface area (Å²) in [4.78, 5) is 13.5. The quantitative estimate of drug-likeness (QED) is 0.625. The lowest BCUT2D eigenvalue weighted by Crippen LogP contribution is -2.39. The van der Waals surface area contributed by atoms with E-state index in [9.17, 15) is 4.79 Å². The maximum Gasteiger partial charge on any atom is 0.243 e. The van der Waals surface area contributed by atoms with Gasteiger partial charge in [0, 0.05) is 18.4 Å². The van der Waals surface area contributed by atoms with E-state index < -0.39 is 6.04 Å². The highest BCUT2D eigenvalue weighted by molar-refractivity contribution is 5.94. The number of nitrogens with two attached hydrogens (primary N) is 1. The summed E-state index contributed by atoms with van der Waals surface area (Å²) in [7, 11) is 1.51. The Kier molecular flexibility index (Phi) is 6.24. The topological polar surface area (TPSA) is 108 Å². The smallest absolute Gasteiger partial charge is 0.243 e. The van der Waals surface area contributed by atoms with Crippen LogP contribution in [0.4, 0.5) is 5.69 Å². The van der Waals surface area contributed by atoms with Gasteiger partial charge in [0.2, 0.25) is 11.7 Å². The molecule has 1 heterocycles. The third-order valence-corrected chi connectivity index (χ3v) is 3.99. The molecule has 140 valence electrons. The van der Waals surface area contributed by atoms with Crippen molar-refractivity contribution >= 4 is 11.6 Å². The largest absolute Gasteiger partial charge is 0.383 e. The van der Waals surface area contributed by atoms with Crippen LogP contribution >= 0.6 is 0 Å². The predicted octanol–water partition coefficient (Wildman–Crippen LogP) is 1.49. The minimum atomic E-state index is -0.688. The van der Waals surface area contributed by atoms with Gasteiger partial charge >= 0.3 is 0 Å². The zero-order chi connectivity index (χ0) is 19.1. The average Bonchev–Trinajstić information content (AvgIpc) is 3.17. The Labute approximate surface area is 157 Å². The number of benzene rings is 2. The van der Waals surface area contributed by atoms with E-state index in [-0.39, 0.29) is 12.5 Å². The SMILES string of the molecule is COCC(N)C(=O)Nc1ccc(CCn2nnc(-c3ccccc3)n2)cc1. The van der Waals surface area contributed by atoms with E-state index in [4.69, 9.17) is 10.5 Å². The van der Waals surface area contributed by atoms with E-state index in [0.29, 0.717) is 18.1 Å². The number of carbonyl (C=O) groups excluding carboxylic acids is 1. The first-order valence-electron chi connectivity index (χ1n) is 8.63. The molecule has 0 aliphatic rings. The van der Waals surface area contributed by atoms with E-state index in [1.54, 1.807) is 4.80 Å². The van der Waals surface area contributed by atoms with Crippen molar-refractivity contribution in [1.82, 2.24) is 20.2 Å². The molecular formula is C19H22N6O2. The fraction of sp³-hybridized carbons (Fsp3) is 0.263. The van der Waals surface area contributed by atoms with Gasteiger partial charge in [-0.2, -0.15) is 4.80 Å². The normalized spacial score (nSPS) is 11.9. The highest BCUT2D eigenvalue weighted by Crippen LogP contribution is 2.13. The molecule has 0 aliphatic carbocycles. The van der Waals surface area contributed by atoms with Crippen molar-refractivity contribution in [2.45, 2.75) is 19.0 Å². The van der Waals surface area contributed by atoms with Crippen LogP contribution in [0.1, 0.15) is 5.56 Å². The molecule has 0 spiro atoms. The van der Waals surface area contributed by atoms with E-state index in [1.165, 1.54) is 7.11 Å². The number of anilines is 1. The number of amides is 1. The summed E-state index contributed by atoms with van der Waals surface area (Å²) in [6, 6.07) is 16.6. The number of aryl methyl sites for hydroxylation is 2. The molecule has 8 heteroatoms. The molecule has 0 saturated heterocycles. The highest BCUT2D eigenvalue weighted by atomic mass is 16.5. The van der Waals surface area contributed by atoms with Crippen LogP contribution in [0.15, 0.2) is 54.6 Å². The first-order chi connectivity index (χ1) is 13.2. The molecule has 8 nitrogen and oxygen atoms in total. The second-order valence-electron chi connectivity index (χ2n) is 6.07. The molecule has 2 aromatic carbocycles. The Morgan fingerprint density at radius 2 is 1.93 bits per heavy atom. The Bertz CT molecular complexity index is 863. The number of tetrazole rings is 1. The van der Waals surface area contributed by atoms with Gasteiger partial charge in [-0.1, -0.05) is 42.5 Å². The fourth-order valence-corrected chi connectivity index (χ4v) is 2.51. The molecule has 0 fully saturated rings. The van der Waals surface area contributed by atoms with Crippen LogP contribution in [0, 0.1) is 0 Å². The molecule has 0 aliphatic heterocycles. The molecule has 3 N–H and O–H groups in total. The van der Waals surface area contributed by atoms with Crippen LogP contribution in [0.3, 0.4) is 0 Å². The molecule has 1 atom stereocenters. The number of hydrogen-bond acceptors (Lipinski definition) is 6. The number of rotatable bonds is 8. The summed E-state index contributed by atoms with van der Waals surface area (Å²) < 4.78 is 4.88. The minimum Gasteiger partial charge on any atom is -0.383 e. The molecular weight excluding hydrogens is 344 g/mol. The van der Waals surface area contributed by atoms with Crippen molar-refractivity contribution in [3.05, 3.63) is 60.2 Å². The molecule has 3 rings (SSSR count). The monoisotopic (exact) mass is 366 g/mol. The summed E-state index contributed by atoms with van der Waals surface area (Å²) in [5, 5.41) is 15.3. The maximum absolute atomic E-state index is 11.9. The molecule has 1 unspecified atom stereocenters. The number of nitrogens with one attached hydrogen (secondary N) is 1. The lowest BCUT2D eigenvalue weighted by Gasteiger charge is -2.11. The van der Waals surface area contributed by atoms with Crippen molar-refractivity contribution in [3.63, 3.8) is 0 Å². The molecule has 27 heavy (non-hydrogen) atoms. The molecule has 1 aromatic heterocycles. The second kappa shape index (κ2) is 9.02. The molecule has 1 amide bonds. The predicted molar refractivity (Wildman–Crippen MR) is 102 cm³/mol. The number of methoxy groups -OCH3 is 1. The van der Waals surface area contributed by atoms with Gasteiger partial charge in [0.05, 0.1) is 13.2 Å². The van der Waals surface area contributed by atoms with Gasteiger partial charge in [-0.25, -0.2) is 0 Å². The maximum atomic E-state index is 11.9. The van der Waals surface area contributed by atoms with Gasteiger partial charge in [-0.05, 0) is 29.3 Å². The van der Waals surface area contributed by atoms with Crippen LogP contribution in [-0.4, -0.2) is 45.9 Å². The Hall–Kier alpha value is -3.10. The number of ether oxygens (including phenoxy) is 1. The highest BCUT2D eigenvalue weighted by Gasteiger charge is 2.13. The molecule has 0 bridgehead atoms. The summed E-state index contributed by atoms with van der Waals surface area (Å²) in [5.41, 5.74) is 8.44. The standard InChI is InChI=1S/C19H22N6O2/c1-27-13-17(20)19(26)21-16-9-7-14(8-10-16)11-12-25-23-18(22-24-25)15-5-3-2-4-6-15/h2-10,17H,11-13,20H2,1H3,(H,21,26). The number of nitrogens with zero attached hydrogens (tertiary/aromatic N) is 4. The lowest BCUT2D eigenvalue weighted by molar-refractivity contribution is -0.118. The Morgan fingerprint density at radius 3 is 2.63 bits per heavy atom. The van der Waals surface area contributed by atoms with E-state index in [1.807, 2.05) is 54.6 Å². The summed E-state index contributed by atoms with van der Waals surface area (Å²) in [5.74, 6) is 0.339. The average molecular weight is 366 g/mol. The van der Waals surface area contributed by atoms with Crippen molar-refractivity contribution < 1.29 is 9.53 Å². The Balaban J connectivity index is 1.53. The van der Waals surface area contributed by atoms with Crippen LogP contribution in [0.5, 0.6) is 0 Å². The van der Waals surface area contributed by atoms with Crippen molar-refractivity contribution in [2.75, 3.05) is 19.0 Å². The fourth-order valence-electron chi connectivity index (χ4n) is 2.51. The van der Waals surface area contributed by atoms with Crippen molar-refractivity contribution in [2.24, 2.45) is 5.73 Å². The van der Waals surface area contributed by atoms with Crippen molar-refractivity contribution in [1.29, 1.82) is 0 Å². The zero-order valence-corrected chi connectivity index (χ0v) is 15.1. The van der Waals surface area contributed by atoms with Gasteiger partial charge in [0.15, 0.2) is 0 Å². The molecule has 0 radical (unpaired) electrons. The summed E-state index contributed by atoms with van der Waals surface area (Å²) in [6.07, 6.45) is 0.752. The van der Waals surface area contributed by atoms with Gasteiger partial charge in [-0.3, -0.25) is 4.79 Å². The Morgan fingerprint density at radius 1 is 1.19 bits per heavy atom. The van der Waals surface area contributed by atoms with Gasteiger partial charge in [0.1, 0.15) is 6.04 Å². The van der Waals surface area contributed by atoms with Gasteiger partial charge in [-0.15, -0.1) is 10.2 Å². The van der Waals surface area contributed by atoms with Crippen LogP contribution in [0.25, 0.3) is 11.4 Å². The first-order valence-corrected chi connectivity index (χ1v) is 8.63. The van der Waals surface area contributed by atoms with E-state index in [0.717, 1.165) is 17.5 Å². The van der Waals surface area contributed by atoms with Gasteiger partial charge in [0.25, 0.3) is 0 Å². The molecule has 3 aromatic rings. The molecule has 0 saturated carbocycles. The van der Waals surface area contributed by atoms with E-state index >= 15 is 0 Å². The lowest BCUT2D eigenvalue weighted by atomic mass is 10.1. The summed E-state index contributed by atoms with van der Waals surface area (Å²) in [6.45, 7) is 0.796. The second-order valence-corrected chi connectivity index (χ2v) is 6.07. The first kappa shape index (κ1) is 18.7. The van der Waals surface area contributed by atoms with Crippen LogP contribution in [0.2, 0.25) is 0 Å². The number of aromatic nitrogens is 4. The third kappa shape index (κ3) is 5.19. The van der Waals surface area contributed by atoms with Crippen LogP contribution < -0.4 is 11.1 Å².